The maximum atomic E-state index is 6.15. The van der Waals surface area contributed by atoms with E-state index < -0.39 is 0 Å². The summed E-state index contributed by atoms with van der Waals surface area (Å²) < 4.78 is 0. The summed E-state index contributed by atoms with van der Waals surface area (Å²) in [4.78, 5) is 5.03. The van der Waals surface area contributed by atoms with Gasteiger partial charge < -0.3 is 10.6 Å². The number of likely N-dealkylation sites (tertiary alicyclic amines) is 1. The van der Waals surface area contributed by atoms with Crippen LogP contribution in [0.15, 0.2) is 0 Å². The molecule has 0 amide bonds. The molecule has 17 heavy (non-hydrogen) atoms. The molecule has 0 saturated carbocycles. The van der Waals surface area contributed by atoms with Crippen LogP contribution in [0.25, 0.3) is 0 Å². The molecule has 0 radical (unpaired) electrons. The van der Waals surface area contributed by atoms with Crippen LogP contribution in [0.3, 0.4) is 0 Å². The van der Waals surface area contributed by atoms with E-state index >= 15 is 0 Å². The molecule has 0 spiro atoms. The minimum Gasteiger partial charge on any atom is -0.327 e. The van der Waals surface area contributed by atoms with Gasteiger partial charge in [-0.3, -0.25) is 4.90 Å². The summed E-state index contributed by atoms with van der Waals surface area (Å²) in [7, 11) is 2.22. The van der Waals surface area contributed by atoms with Crippen LogP contribution in [0, 0.1) is 0 Å². The smallest absolute Gasteiger partial charge is 0.0223 e. The first-order valence-corrected chi connectivity index (χ1v) is 7.35. The Morgan fingerprint density at radius 1 is 1.41 bits per heavy atom. The highest BCUT2D eigenvalue weighted by Crippen LogP contribution is 2.17. The lowest BCUT2D eigenvalue weighted by atomic mass is 10.1. The Kier molecular flexibility index (Phi) is 7.09. The second-order valence-electron chi connectivity index (χ2n) is 5.55. The predicted octanol–water partition coefficient (Wildman–Crippen LogP) is 1.92. The van der Waals surface area contributed by atoms with Gasteiger partial charge in [0, 0.05) is 25.2 Å². The molecule has 3 nitrogen and oxygen atoms in total. The molecule has 0 bridgehead atoms. The van der Waals surface area contributed by atoms with Crippen molar-refractivity contribution >= 4 is 0 Å². The highest BCUT2D eigenvalue weighted by atomic mass is 15.2. The van der Waals surface area contributed by atoms with Gasteiger partial charge in [-0.1, -0.05) is 26.7 Å². The molecule has 2 atom stereocenters. The maximum Gasteiger partial charge on any atom is 0.0223 e. The number of nitrogens with zero attached hydrogens (tertiary/aromatic N) is 2. The third-order valence-corrected chi connectivity index (χ3v) is 3.90. The standard InChI is InChI=1S/C14H31N3/c1-4-6-8-13(15)11-16(3)12-14-9-7-10-17(14)5-2/h13-14H,4-12,15H2,1-3H3. The summed E-state index contributed by atoms with van der Waals surface area (Å²) >= 11 is 0. The van der Waals surface area contributed by atoms with Crippen molar-refractivity contribution in [2.24, 2.45) is 5.73 Å². The topological polar surface area (TPSA) is 32.5 Å². The third-order valence-electron chi connectivity index (χ3n) is 3.90. The van der Waals surface area contributed by atoms with Gasteiger partial charge in [0.25, 0.3) is 0 Å². The summed E-state index contributed by atoms with van der Waals surface area (Å²) in [6, 6.07) is 1.12. The summed E-state index contributed by atoms with van der Waals surface area (Å²) in [5.74, 6) is 0. The zero-order chi connectivity index (χ0) is 12.7. The van der Waals surface area contributed by atoms with Gasteiger partial charge in [-0.15, -0.1) is 0 Å². The fraction of sp³-hybridized carbons (Fsp3) is 1.00. The summed E-state index contributed by atoms with van der Waals surface area (Å²) in [5.41, 5.74) is 6.15. The molecule has 0 aliphatic carbocycles. The third kappa shape index (κ3) is 5.36. The van der Waals surface area contributed by atoms with Crippen molar-refractivity contribution in [3.8, 4) is 0 Å². The first-order valence-electron chi connectivity index (χ1n) is 7.35. The predicted molar refractivity (Wildman–Crippen MR) is 75.3 cm³/mol. The normalized spacial score (nSPS) is 23.5. The van der Waals surface area contributed by atoms with Gasteiger partial charge in [-0.05, 0) is 39.4 Å². The Hall–Kier alpha value is -0.120. The molecule has 102 valence electrons. The van der Waals surface area contributed by atoms with Crippen molar-refractivity contribution < 1.29 is 0 Å². The van der Waals surface area contributed by atoms with E-state index in [9.17, 15) is 0 Å². The van der Waals surface area contributed by atoms with E-state index in [2.05, 4.69) is 30.7 Å². The first kappa shape index (κ1) is 14.9. The van der Waals surface area contributed by atoms with Crippen LogP contribution in [-0.2, 0) is 0 Å². The van der Waals surface area contributed by atoms with Crippen LogP contribution in [-0.4, -0.2) is 55.1 Å². The van der Waals surface area contributed by atoms with Gasteiger partial charge in [0.1, 0.15) is 0 Å². The van der Waals surface area contributed by atoms with Gasteiger partial charge in [0.15, 0.2) is 0 Å². The minimum absolute atomic E-state index is 0.358. The maximum absolute atomic E-state index is 6.15. The molecule has 0 aromatic rings. The second-order valence-corrected chi connectivity index (χ2v) is 5.55. The lowest BCUT2D eigenvalue weighted by Gasteiger charge is -2.29. The Morgan fingerprint density at radius 3 is 2.82 bits per heavy atom. The van der Waals surface area contributed by atoms with E-state index in [0.29, 0.717) is 6.04 Å². The van der Waals surface area contributed by atoms with Gasteiger partial charge in [0.2, 0.25) is 0 Å². The number of unbranched alkanes of at least 4 members (excludes halogenated alkanes) is 1. The Balaban J connectivity index is 2.21. The van der Waals surface area contributed by atoms with Crippen molar-refractivity contribution in [1.82, 2.24) is 9.80 Å². The highest BCUT2D eigenvalue weighted by molar-refractivity contribution is 4.81. The van der Waals surface area contributed by atoms with Crippen LogP contribution in [0.1, 0.15) is 46.0 Å². The fourth-order valence-corrected chi connectivity index (χ4v) is 2.91. The van der Waals surface area contributed by atoms with Crippen LogP contribution >= 0.6 is 0 Å². The van der Waals surface area contributed by atoms with E-state index in [0.717, 1.165) is 12.6 Å². The van der Waals surface area contributed by atoms with Crippen molar-refractivity contribution in [2.45, 2.75) is 58.0 Å². The molecule has 1 aliphatic heterocycles. The van der Waals surface area contributed by atoms with Crippen molar-refractivity contribution in [3.63, 3.8) is 0 Å². The van der Waals surface area contributed by atoms with E-state index in [-0.39, 0.29) is 0 Å². The van der Waals surface area contributed by atoms with Gasteiger partial charge in [-0.25, -0.2) is 0 Å². The number of rotatable bonds is 8. The quantitative estimate of drug-likeness (QED) is 0.705. The average molecular weight is 241 g/mol. The molecular weight excluding hydrogens is 210 g/mol. The van der Waals surface area contributed by atoms with Crippen LogP contribution in [0.4, 0.5) is 0 Å². The van der Waals surface area contributed by atoms with E-state index in [1.54, 1.807) is 0 Å². The lowest BCUT2D eigenvalue weighted by Crippen LogP contribution is -2.43. The van der Waals surface area contributed by atoms with E-state index in [1.807, 2.05) is 0 Å². The number of hydrogen-bond acceptors (Lipinski definition) is 3. The second kappa shape index (κ2) is 8.06. The fourth-order valence-electron chi connectivity index (χ4n) is 2.91. The SMILES string of the molecule is CCCCC(N)CN(C)CC1CCCN1CC. The van der Waals surface area contributed by atoms with Gasteiger partial charge >= 0.3 is 0 Å². The van der Waals surface area contributed by atoms with Gasteiger partial charge in [0.05, 0.1) is 0 Å². The summed E-state index contributed by atoms with van der Waals surface area (Å²) in [6.45, 7) is 9.22. The van der Waals surface area contributed by atoms with Crippen LogP contribution < -0.4 is 5.73 Å². The average Bonchev–Trinajstić information content (AvgIpc) is 2.73. The molecule has 2 N–H and O–H groups in total. The minimum atomic E-state index is 0.358. The Bertz CT molecular complexity index is 196. The molecule has 0 aromatic carbocycles. The molecule has 1 rings (SSSR count). The zero-order valence-corrected chi connectivity index (χ0v) is 12.0. The zero-order valence-electron chi connectivity index (χ0n) is 12.0. The Morgan fingerprint density at radius 2 is 2.18 bits per heavy atom. The van der Waals surface area contributed by atoms with Crippen molar-refractivity contribution in [2.75, 3.05) is 33.2 Å². The lowest BCUT2D eigenvalue weighted by molar-refractivity contribution is 0.191. The van der Waals surface area contributed by atoms with Crippen LogP contribution in [0.2, 0.25) is 0 Å². The number of hydrogen-bond donors (Lipinski definition) is 1. The van der Waals surface area contributed by atoms with E-state index in [4.69, 9.17) is 5.73 Å². The van der Waals surface area contributed by atoms with Crippen molar-refractivity contribution in [3.05, 3.63) is 0 Å². The Labute approximate surface area is 107 Å². The molecular formula is C14H31N3. The molecule has 1 fully saturated rings. The summed E-state index contributed by atoms with van der Waals surface area (Å²) in [6.07, 6.45) is 6.42. The van der Waals surface area contributed by atoms with Crippen molar-refractivity contribution in [1.29, 1.82) is 0 Å². The summed E-state index contributed by atoms with van der Waals surface area (Å²) in [5, 5.41) is 0. The molecule has 1 saturated heterocycles. The largest absolute Gasteiger partial charge is 0.327 e. The van der Waals surface area contributed by atoms with Gasteiger partial charge in [-0.2, -0.15) is 0 Å². The number of likely N-dealkylation sites (N-methyl/N-ethyl adjacent to an activating group) is 2. The first-order chi connectivity index (χ1) is 8.17. The van der Waals surface area contributed by atoms with Crippen LogP contribution in [0.5, 0.6) is 0 Å². The molecule has 3 heteroatoms. The molecule has 2 unspecified atom stereocenters. The molecule has 0 aromatic heterocycles. The van der Waals surface area contributed by atoms with E-state index in [1.165, 1.54) is 51.7 Å². The molecule has 1 heterocycles. The highest BCUT2D eigenvalue weighted by Gasteiger charge is 2.24. The number of nitrogens with two attached hydrogens (primary N) is 1. The monoisotopic (exact) mass is 241 g/mol. The molecule has 1 aliphatic rings.